The Balaban J connectivity index is 2.16. The molecule has 1 heterocycles. The Morgan fingerprint density at radius 2 is 2.18 bits per heavy atom. The molecule has 2 unspecified atom stereocenters. The Hall–Kier alpha value is -0.890. The highest BCUT2D eigenvalue weighted by atomic mass is 15.0. The Morgan fingerprint density at radius 3 is 3.18 bits per heavy atom. The number of hydrogen-bond donors (Lipinski definition) is 1. The third-order valence-electron chi connectivity index (χ3n) is 2.04. The molecule has 2 atom stereocenters. The minimum Gasteiger partial charge on any atom is -0.308 e. The summed E-state index contributed by atoms with van der Waals surface area (Å²) in [6, 6.07) is 0.765. The molecule has 0 bridgehead atoms. The van der Waals surface area contributed by atoms with Gasteiger partial charge in [-0.3, -0.25) is 4.99 Å². The fraction of sp³-hybridized carbons (Fsp3) is 0.444. The maximum absolute atomic E-state index is 4.42. The van der Waals surface area contributed by atoms with Crippen LogP contribution in [0.15, 0.2) is 29.3 Å². The van der Waals surface area contributed by atoms with Crippen molar-refractivity contribution in [2.75, 3.05) is 6.54 Å². The lowest BCUT2D eigenvalue weighted by molar-refractivity contribution is 0.569. The van der Waals surface area contributed by atoms with Crippen LogP contribution in [0.2, 0.25) is 0 Å². The number of hydrogen-bond acceptors (Lipinski definition) is 2. The third-order valence-corrected chi connectivity index (χ3v) is 2.04. The second-order valence-corrected chi connectivity index (χ2v) is 2.86. The molecule has 0 fully saturated rings. The molecule has 11 heavy (non-hydrogen) atoms. The van der Waals surface area contributed by atoms with Crippen molar-refractivity contribution in [3.8, 4) is 0 Å². The first kappa shape index (κ1) is 6.80. The van der Waals surface area contributed by atoms with Crippen LogP contribution >= 0.6 is 0 Å². The minimum atomic E-state index is 0.336. The molecule has 2 heteroatoms. The van der Waals surface area contributed by atoms with Gasteiger partial charge in [-0.1, -0.05) is 24.3 Å². The van der Waals surface area contributed by atoms with Crippen molar-refractivity contribution < 1.29 is 0 Å². The van der Waals surface area contributed by atoms with Crippen molar-refractivity contribution in [3.63, 3.8) is 0 Å². The monoisotopic (exact) mass is 148 g/mol. The summed E-state index contributed by atoms with van der Waals surface area (Å²) in [6.45, 7) is 1.04. The van der Waals surface area contributed by atoms with Crippen LogP contribution in [0.4, 0.5) is 0 Å². The molecule has 0 saturated heterocycles. The van der Waals surface area contributed by atoms with E-state index in [9.17, 15) is 0 Å². The predicted molar refractivity (Wildman–Crippen MR) is 47.0 cm³/mol. The van der Waals surface area contributed by atoms with Gasteiger partial charge in [-0.2, -0.15) is 0 Å². The molecule has 0 saturated carbocycles. The molecule has 2 rings (SSSR count). The van der Waals surface area contributed by atoms with Gasteiger partial charge in [0.15, 0.2) is 0 Å². The summed E-state index contributed by atoms with van der Waals surface area (Å²) in [7, 11) is 0. The molecule has 58 valence electrons. The van der Waals surface area contributed by atoms with Crippen molar-refractivity contribution in [2.45, 2.75) is 18.5 Å². The zero-order valence-electron chi connectivity index (χ0n) is 6.40. The summed E-state index contributed by atoms with van der Waals surface area (Å²) in [5.74, 6) is 0. The average Bonchev–Trinajstić information content (AvgIpc) is 2.28. The van der Waals surface area contributed by atoms with Gasteiger partial charge < -0.3 is 5.32 Å². The molecule has 2 aliphatic rings. The van der Waals surface area contributed by atoms with Gasteiger partial charge in [0.05, 0.1) is 12.1 Å². The van der Waals surface area contributed by atoms with Crippen LogP contribution in [0, 0.1) is 0 Å². The standard InChI is InChI=1S/C9H12N2/c1-2-5-9-8(4-1)10-6-3-7-11-9/h1-2,4-6,8-9,11H,3,7H2. The molecule has 0 aromatic carbocycles. The van der Waals surface area contributed by atoms with E-state index in [0.29, 0.717) is 12.1 Å². The van der Waals surface area contributed by atoms with Gasteiger partial charge >= 0.3 is 0 Å². The summed E-state index contributed by atoms with van der Waals surface area (Å²) in [5, 5.41) is 3.42. The molecule has 2 nitrogen and oxygen atoms in total. The highest BCUT2D eigenvalue weighted by Gasteiger charge is 2.17. The number of aliphatic imine (C=N–C) groups is 1. The number of fused-ring (bicyclic) bond motifs is 1. The smallest absolute Gasteiger partial charge is 0.0867 e. The lowest BCUT2D eigenvalue weighted by Gasteiger charge is -2.19. The predicted octanol–water partition coefficient (Wildman–Crippen LogP) is 0.914. The van der Waals surface area contributed by atoms with E-state index < -0.39 is 0 Å². The van der Waals surface area contributed by atoms with Gasteiger partial charge in [0.25, 0.3) is 0 Å². The minimum absolute atomic E-state index is 0.336. The number of allylic oxidation sites excluding steroid dienone is 2. The molecule has 1 N–H and O–H groups in total. The zero-order chi connectivity index (χ0) is 7.52. The van der Waals surface area contributed by atoms with Gasteiger partial charge in [0, 0.05) is 12.8 Å². The Morgan fingerprint density at radius 1 is 1.27 bits per heavy atom. The summed E-state index contributed by atoms with van der Waals surface area (Å²) in [5.41, 5.74) is 0. The van der Waals surface area contributed by atoms with Crippen LogP contribution in [-0.4, -0.2) is 24.8 Å². The fourth-order valence-corrected chi connectivity index (χ4v) is 1.44. The summed E-state index contributed by atoms with van der Waals surface area (Å²) < 4.78 is 0. The zero-order valence-corrected chi connectivity index (χ0v) is 6.40. The third kappa shape index (κ3) is 1.40. The van der Waals surface area contributed by atoms with Crippen molar-refractivity contribution in [2.24, 2.45) is 4.99 Å². The van der Waals surface area contributed by atoms with E-state index >= 15 is 0 Å². The van der Waals surface area contributed by atoms with E-state index in [4.69, 9.17) is 0 Å². The lowest BCUT2D eigenvalue weighted by Crippen LogP contribution is -2.36. The van der Waals surface area contributed by atoms with Crippen LogP contribution < -0.4 is 5.32 Å². The van der Waals surface area contributed by atoms with Crippen LogP contribution in [0.3, 0.4) is 0 Å². The average molecular weight is 148 g/mol. The molecular weight excluding hydrogens is 136 g/mol. The highest BCUT2D eigenvalue weighted by Crippen LogP contribution is 2.10. The van der Waals surface area contributed by atoms with E-state index in [0.717, 1.165) is 13.0 Å². The molecular formula is C9H12N2. The van der Waals surface area contributed by atoms with Gasteiger partial charge in [-0.25, -0.2) is 0 Å². The second kappa shape index (κ2) is 3.01. The van der Waals surface area contributed by atoms with Gasteiger partial charge in [-0.05, 0) is 6.42 Å². The Labute approximate surface area is 66.7 Å². The Kier molecular flexibility index (Phi) is 1.86. The molecule has 0 aromatic heterocycles. The van der Waals surface area contributed by atoms with Crippen molar-refractivity contribution in [1.29, 1.82) is 0 Å². The van der Waals surface area contributed by atoms with Crippen molar-refractivity contribution >= 4 is 6.21 Å². The molecule has 0 amide bonds. The number of nitrogens with one attached hydrogen (secondary N) is 1. The van der Waals surface area contributed by atoms with Crippen LogP contribution in [0.25, 0.3) is 0 Å². The van der Waals surface area contributed by atoms with Gasteiger partial charge in [0.2, 0.25) is 0 Å². The van der Waals surface area contributed by atoms with E-state index in [1.54, 1.807) is 0 Å². The van der Waals surface area contributed by atoms with Crippen LogP contribution in [0.1, 0.15) is 6.42 Å². The van der Waals surface area contributed by atoms with Crippen LogP contribution in [-0.2, 0) is 0 Å². The maximum Gasteiger partial charge on any atom is 0.0867 e. The molecule has 1 aliphatic carbocycles. The summed E-state index contributed by atoms with van der Waals surface area (Å²) in [4.78, 5) is 4.42. The topological polar surface area (TPSA) is 24.4 Å². The van der Waals surface area contributed by atoms with Gasteiger partial charge in [-0.15, -0.1) is 0 Å². The summed E-state index contributed by atoms with van der Waals surface area (Å²) >= 11 is 0. The van der Waals surface area contributed by atoms with E-state index in [-0.39, 0.29) is 0 Å². The van der Waals surface area contributed by atoms with E-state index in [2.05, 4.69) is 34.6 Å². The van der Waals surface area contributed by atoms with Crippen molar-refractivity contribution in [1.82, 2.24) is 5.32 Å². The van der Waals surface area contributed by atoms with Gasteiger partial charge in [0.1, 0.15) is 0 Å². The SMILES string of the molecule is C1=CC2N=CCCNC2C=C1. The van der Waals surface area contributed by atoms with E-state index in [1.165, 1.54) is 0 Å². The highest BCUT2D eigenvalue weighted by molar-refractivity contribution is 5.59. The Bertz CT molecular complexity index is 216. The molecule has 1 aliphatic heterocycles. The van der Waals surface area contributed by atoms with Crippen LogP contribution in [0.5, 0.6) is 0 Å². The first-order valence-electron chi connectivity index (χ1n) is 4.07. The molecule has 0 radical (unpaired) electrons. The number of nitrogens with zero attached hydrogens (tertiary/aromatic N) is 1. The van der Waals surface area contributed by atoms with Crippen molar-refractivity contribution in [3.05, 3.63) is 24.3 Å². The number of rotatable bonds is 0. The first-order chi connectivity index (χ1) is 5.47. The summed E-state index contributed by atoms with van der Waals surface area (Å²) in [6.07, 6.45) is 11.5. The largest absolute Gasteiger partial charge is 0.308 e. The first-order valence-corrected chi connectivity index (χ1v) is 4.07. The maximum atomic E-state index is 4.42. The quantitative estimate of drug-likeness (QED) is 0.542. The fourth-order valence-electron chi connectivity index (χ4n) is 1.44. The molecule has 0 aromatic rings. The molecule has 0 spiro atoms. The second-order valence-electron chi connectivity index (χ2n) is 2.86. The normalized spacial score (nSPS) is 34.9. The van der Waals surface area contributed by atoms with E-state index in [1.807, 2.05) is 6.21 Å². The lowest BCUT2D eigenvalue weighted by atomic mass is 10.0.